The average molecular weight is 441 g/mol. The lowest BCUT2D eigenvalue weighted by molar-refractivity contribution is -0.149. The molecule has 178 valence electrons. The lowest BCUT2D eigenvalue weighted by atomic mass is 9.51. The third kappa shape index (κ3) is 4.04. The molecular weight excluding hydrogens is 396 g/mol. The Morgan fingerprint density at radius 1 is 1.12 bits per heavy atom. The van der Waals surface area contributed by atoms with Crippen LogP contribution in [0.15, 0.2) is 35.5 Å². The predicted octanol–water partition coefficient (Wildman–Crippen LogP) is 6.63. The quantitative estimate of drug-likeness (QED) is 0.373. The van der Waals surface area contributed by atoms with Gasteiger partial charge in [-0.1, -0.05) is 70.1 Å². The minimum Gasteiger partial charge on any atom is -0.462 e. The maximum absolute atomic E-state index is 11.5. The molecule has 0 aromatic rings. The highest BCUT2D eigenvalue weighted by Gasteiger charge is 2.56. The van der Waals surface area contributed by atoms with Gasteiger partial charge in [0.05, 0.1) is 6.10 Å². The molecule has 4 aliphatic carbocycles. The number of aliphatic hydroxyl groups excluding tert-OH is 1. The minimum atomic E-state index is -0.323. The maximum Gasteiger partial charge on any atom is 0.302 e. The highest BCUT2D eigenvalue weighted by molar-refractivity contribution is 5.66. The third-order valence-electron chi connectivity index (χ3n) is 9.83. The summed E-state index contributed by atoms with van der Waals surface area (Å²) in [5, 5.41) is 10.1. The van der Waals surface area contributed by atoms with Gasteiger partial charge in [0.1, 0.15) is 6.10 Å². The van der Waals surface area contributed by atoms with Crippen molar-refractivity contribution in [1.82, 2.24) is 0 Å². The molecule has 0 saturated heterocycles. The summed E-state index contributed by atoms with van der Waals surface area (Å²) in [6.45, 7) is 13.2. The number of carbonyl (C=O) groups is 1. The second-order valence-corrected chi connectivity index (χ2v) is 12.1. The summed E-state index contributed by atoms with van der Waals surface area (Å²) in [7, 11) is 0. The number of carbonyl (C=O) groups excluding carboxylic acids is 1. The molecule has 8 atom stereocenters. The SMILES string of the molecule is CC(=O)OC(CC[C@@H](C)[C@H]1CC[C@H]2C3=CC=C4C[C@@H](O)C=C[C@]4(C)[C@H]3CC[C@]12C)C(C)C. The van der Waals surface area contributed by atoms with Crippen LogP contribution in [0.5, 0.6) is 0 Å². The van der Waals surface area contributed by atoms with Crippen molar-refractivity contribution in [2.24, 2.45) is 40.4 Å². The van der Waals surface area contributed by atoms with Crippen molar-refractivity contribution in [2.75, 3.05) is 0 Å². The molecule has 1 unspecified atom stereocenters. The van der Waals surface area contributed by atoms with Crippen LogP contribution in [0.1, 0.15) is 86.5 Å². The van der Waals surface area contributed by atoms with Gasteiger partial charge < -0.3 is 9.84 Å². The molecule has 1 N–H and O–H groups in total. The van der Waals surface area contributed by atoms with Crippen LogP contribution in [-0.4, -0.2) is 23.3 Å². The normalized spacial score (nSPS) is 40.0. The van der Waals surface area contributed by atoms with E-state index in [1.807, 2.05) is 6.08 Å². The highest BCUT2D eigenvalue weighted by Crippen LogP contribution is 2.65. The van der Waals surface area contributed by atoms with Crippen molar-refractivity contribution in [3.8, 4) is 0 Å². The molecule has 0 radical (unpaired) electrons. The van der Waals surface area contributed by atoms with E-state index in [0.29, 0.717) is 29.1 Å². The molecule has 32 heavy (non-hydrogen) atoms. The van der Waals surface area contributed by atoms with Crippen LogP contribution in [0.25, 0.3) is 0 Å². The first kappa shape index (κ1) is 23.8. The van der Waals surface area contributed by atoms with Crippen LogP contribution in [-0.2, 0) is 9.53 Å². The van der Waals surface area contributed by atoms with Crippen LogP contribution in [0.2, 0.25) is 0 Å². The van der Waals surface area contributed by atoms with E-state index in [9.17, 15) is 9.90 Å². The summed E-state index contributed by atoms with van der Waals surface area (Å²) in [6.07, 6.45) is 16.9. The summed E-state index contributed by atoms with van der Waals surface area (Å²) >= 11 is 0. The molecule has 2 saturated carbocycles. The van der Waals surface area contributed by atoms with Gasteiger partial charge in [0, 0.05) is 12.3 Å². The molecule has 0 amide bonds. The summed E-state index contributed by atoms with van der Waals surface area (Å²) < 4.78 is 5.62. The van der Waals surface area contributed by atoms with Crippen molar-refractivity contribution < 1.29 is 14.6 Å². The monoisotopic (exact) mass is 440 g/mol. The van der Waals surface area contributed by atoms with Gasteiger partial charge in [-0.3, -0.25) is 4.79 Å². The molecule has 0 aromatic heterocycles. The molecule has 0 bridgehead atoms. The summed E-state index contributed by atoms with van der Waals surface area (Å²) in [5.74, 6) is 2.86. The lowest BCUT2D eigenvalue weighted by Gasteiger charge is -2.53. The van der Waals surface area contributed by atoms with E-state index < -0.39 is 0 Å². The second-order valence-electron chi connectivity index (χ2n) is 12.1. The first-order chi connectivity index (χ1) is 15.1. The van der Waals surface area contributed by atoms with E-state index in [1.165, 1.54) is 38.2 Å². The number of esters is 1. The summed E-state index contributed by atoms with van der Waals surface area (Å²) in [4.78, 5) is 11.5. The first-order valence-electron chi connectivity index (χ1n) is 13.0. The van der Waals surface area contributed by atoms with Crippen LogP contribution in [0.4, 0.5) is 0 Å². The molecular formula is C29H44O3. The van der Waals surface area contributed by atoms with Crippen molar-refractivity contribution in [3.63, 3.8) is 0 Å². The Morgan fingerprint density at radius 3 is 2.56 bits per heavy atom. The van der Waals surface area contributed by atoms with Crippen LogP contribution < -0.4 is 0 Å². The van der Waals surface area contributed by atoms with Crippen molar-refractivity contribution in [3.05, 3.63) is 35.5 Å². The van der Waals surface area contributed by atoms with Crippen molar-refractivity contribution in [1.29, 1.82) is 0 Å². The summed E-state index contributed by atoms with van der Waals surface area (Å²) in [5.41, 5.74) is 3.55. The van der Waals surface area contributed by atoms with E-state index in [2.05, 4.69) is 52.8 Å². The number of hydrogen-bond donors (Lipinski definition) is 1. The van der Waals surface area contributed by atoms with E-state index in [0.717, 1.165) is 25.2 Å². The number of rotatable bonds is 6. The van der Waals surface area contributed by atoms with Crippen LogP contribution in [0.3, 0.4) is 0 Å². The molecule has 0 spiro atoms. The molecule has 0 aromatic carbocycles. The molecule has 2 fully saturated rings. The van der Waals surface area contributed by atoms with Gasteiger partial charge in [-0.25, -0.2) is 0 Å². The Kier molecular flexibility index (Phi) is 6.53. The number of allylic oxidation sites excluding steroid dienone is 4. The van der Waals surface area contributed by atoms with E-state index >= 15 is 0 Å². The number of ether oxygens (including phenoxy) is 1. The summed E-state index contributed by atoms with van der Waals surface area (Å²) in [6, 6.07) is 0. The Bertz CT molecular complexity index is 820. The van der Waals surface area contributed by atoms with Gasteiger partial charge in [-0.05, 0) is 80.0 Å². The van der Waals surface area contributed by atoms with Gasteiger partial charge in [-0.15, -0.1) is 0 Å². The largest absolute Gasteiger partial charge is 0.462 e. The zero-order chi connectivity index (χ0) is 23.3. The van der Waals surface area contributed by atoms with Crippen molar-refractivity contribution >= 4 is 5.97 Å². The minimum absolute atomic E-state index is 0.0358. The van der Waals surface area contributed by atoms with Gasteiger partial charge >= 0.3 is 5.97 Å². The number of aliphatic hydroxyl groups is 1. The lowest BCUT2D eigenvalue weighted by Crippen LogP contribution is -2.45. The Balaban J connectivity index is 1.49. The Labute approximate surface area is 195 Å². The van der Waals surface area contributed by atoms with Gasteiger partial charge in [0.25, 0.3) is 0 Å². The topological polar surface area (TPSA) is 46.5 Å². The predicted molar refractivity (Wildman–Crippen MR) is 130 cm³/mol. The van der Waals surface area contributed by atoms with Crippen LogP contribution >= 0.6 is 0 Å². The molecule has 0 heterocycles. The smallest absolute Gasteiger partial charge is 0.302 e. The zero-order valence-electron chi connectivity index (χ0n) is 21.1. The van der Waals surface area contributed by atoms with E-state index in [1.54, 1.807) is 5.57 Å². The Morgan fingerprint density at radius 2 is 1.88 bits per heavy atom. The average Bonchev–Trinajstić information content (AvgIpc) is 3.08. The zero-order valence-corrected chi connectivity index (χ0v) is 21.1. The van der Waals surface area contributed by atoms with Crippen LogP contribution in [0, 0.1) is 40.4 Å². The molecule has 3 heteroatoms. The molecule has 4 aliphatic rings. The Hall–Kier alpha value is -1.35. The molecule has 0 aliphatic heterocycles. The fourth-order valence-electron chi connectivity index (χ4n) is 7.93. The van der Waals surface area contributed by atoms with Gasteiger partial charge in [-0.2, -0.15) is 0 Å². The number of hydrogen-bond acceptors (Lipinski definition) is 3. The van der Waals surface area contributed by atoms with Gasteiger partial charge in [0.15, 0.2) is 0 Å². The van der Waals surface area contributed by atoms with E-state index in [-0.39, 0.29) is 23.6 Å². The standard InChI is InChI=1S/C29H44O3/c1-18(2)27(32-20(4)30)12-7-19(3)24-10-11-25-23-9-8-21-17-22(31)13-15-28(21,5)26(23)14-16-29(24,25)6/h8-9,13,15,18-19,22,24-27,31H,7,10-12,14,16-17H2,1-6H3/t19-,22+,24-,25+,26+,27?,28+,29-/m1/s1. The first-order valence-corrected chi connectivity index (χ1v) is 13.0. The van der Waals surface area contributed by atoms with Gasteiger partial charge in [0.2, 0.25) is 0 Å². The fourth-order valence-corrected chi connectivity index (χ4v) is 7.93. The second kappa shape index (κ2) is 8.78. The molecule has 4 rings (SSSR count). The van der Waals surface area contributed by atoms with E-state index in [4.69, 9.17) is 4.74 Å². The number of fused-ring (bicyclic) bond motifs is 5. The highest BCUT2D eigenvalue weighted by atomic mass is 16.5. The van der Waals surface area contributed by atoms with Crippen molar-refractivity contribution in [2.45, 2.75) is 98.7 Å². The third-order valence-corrected chi connectivity index (χ3v) is 9.83. The molecule has 3 nitrogen and oxygen atoms in total. The maximum atomic E-state index is 11.5. The fraction of sp³-hybridized carbons (Fsp3) is 0.759.